The van der Waals surface area contributed by atoms with Crippen LogP contribution < -0.4 is 0 Å². The van der Waals surface area contributed by atoms with Crippen LogP contribution in [-0.2, 0) is 28.6 Å². The first-order valence-electron chi connectivity index (χ1n) is 23.7. The van der Waals surface area contributed by atoms with Crippen molar-refractivity contribution in [3.8, 4) is 0 Å². The standard InChI is InChI=1S/C48H92O6/c1-6-7-8-9-21-28-33-38-46(49)52-41-45(54-48(51)40-35-30-25-20-19-23-27-32-37-44(4)5)42-53-47(50)39-34-29-24-18-16-14-12-10-11-13-15-17-22-26-31-36-43(2)3/h43-45H,6-42H2,1-5H3/t45-/m0/s1. The first kappa shape index (κ1) is 52.4. The highest BCUT2D eigenvalue weighted by Crippen LogP contribution is 2.17. The lowest BCUT2D eigenvalue weighted by atomic mass is 10.0. The number of esters is 3. The van der Waals surface area contributed by atoms with Gasteiger partial charge in [0.1, 0.15) is 13.2 Å². The van der Waals surface area contributed by atoms with E-state index in [1.807, 2.05) is 0 Å². The lowest BCUT2D eigenvalue weighted by Crippen LogP contribution is -2.30. The largest absolute Gasteiger partial charge is 0.462 e. The van der Waals surface area contributed by atoms with Gasteiger partial charge in [0.05, 0.1) is 0 Å². The monoisotopic (exact) mass is 765 g/mol. The van der Waals surface area contributed by atoms with Crippen molar-refractivity contribution < 1.29 is 28.6 Å². The summed E-state index contributed by atoms with van der Waals surface area (Å²) >= 11 is 0. The fourth-order valence-corrected chi connectivity index (χ4v) is 7.11. The highest BCUT2D eigenvalue weighted by molar-refractivity contribution is 5.71. The van der Waals surface area contributed by atoms with Gasteiger partial charge in [-0.1, -0.05) is 221 Å². The first-order valence-corrected chi connectivity index (χ1v) is 23.7. The van der Waals surface area contributed by atoms with Crippen molar-refractivity contribution in [2.24, 2.45) is 11.8 Å². The smallest absolute Gasteiger partial charge is 0.306 e. The van der Waals surface area contributed by atoms with Gasteiger partial charge >= 0.3 is 17.9 Å². The Labute approximate surface area is 336 Å². The molecule has 1 atom stereocenters. The van der Waals surface area contributed by atoms with Gasteiger partial charge in [-0.15, -0.1) is 0 Å². The molecule has 0 fully saturated rings. The number of carbonyl (C=O) groups is 3. The van der Waals surface area contributed by atoms with E-state index in [2.05, 4.69) is 34.6 Å². The molecule has 0 aliphatic rings. The summed E-state index contributed by atoms with van der Waals surface area (Å²) in [4.78, 5) is 37.6. The lowest BCUT2D eigenvalue weighted by molar-refractivity contribution is -0.167. The van der Waals surface area contributed by atoms with Crippen molar-refractivity contribution in [1.82, 2.24) is 0 Å². The SMILES string of the molecule is CCCCCCCCCC(=O)OC[C@@H](COC(=O)CCCCCCCCCCCCCCCCCC(C)C)OC(=O)CCCCCCCCCCC(C)C. The van der Waals surface area contributed by atoms with Crippen LogP contribution in [0.4, 0.5) is 0 Å². The Bertz CT molecular complexity index is 824. The molecule has 0 unspecified atom stereocenters. The van der Waals surface area contributed by atoms with Crippen LogP contribution in [0.25, 0.3) is 0 Å². The maximum absolute atomic E-state index is 12.7. The molecule has 0 spiro atoms. The van der Waals surface area contributed by atoms with Gasteiger partial charge in [0.15, 0.2) is 6.10 Å². The van der Waals surface area contributed by atoms with Crippen molar-refractivity contribution >= 4 is 17.9 Å². The van der Waals surface area contributed by atoms with Crippen molar-refractivity contribution in [1.29, 1.82) is 0 Å². The average Bonchev–Trinajstić information content (AvgIpc) is 3.14. The molecule has 0 radical (unpaired) electrons. The van der Waals surface area contributed by atoms with E-state index in [-0.39, 0.29) is 31.1 Å². The second-order valence-corrected chi connectivity index (χ2v) is 17.3. The Morgan fingerprint density at radius 1 is 0.352 bits per heavy atom. The Morgan fingerprint density at radius 3 is 0.907 bits per heavy atom. The van der Waals surface area contributed by atoms with E-state index >= 15 is 0 Å². The number of hydrogen-bond donors (Lipinski definition) is 0. The number of hydrogen-bond acceptors (Lipinski definition) is 6. The van der Waals surface area contributed by atoms with Gasteiger partial charge in [0, 0.05) is 19.3 Å². The summed E-state index contributed by atoms with van der Waals surface area (Å²) in [5, 5.41) is 0. The highest BCUT2D eigenvalue weighted by atomic mass is 16.6. The fourth-order valence-electron chi connectivity index (χ4n) is 7.11. The van der Waals surface area contributed by atoms with E-state index in [1.54, 1.807) is 0 Å². The van der Waals surface area contributed by atoms with Gasteiger partial charge in [-0.2, -0.15) is 0 Å². The first-order chi connectivity index (χ1) is 26.2. The summed E-state index contributed by atoms with van der Waals surface area (Å²) in [6.45, 7) is 11.3. The molecule has 0 aliphatic carbocycles. The molecule has 0 heterocycles. The molecule has 6 heteroatoms. The Hall–Kier alpha value is -1.59. The van der Waals surface area contributed by atoms with Crippen LogP contribution in [-0.4, -0.2) is 37.2 Å². The highest BCUT2D eigenvalue weighted by Gasteiger charge is 2.19. The minimum absolute atomic E-state index is 0.0651. The zero-order valence-corrected chi connectivity index (χ0v) is 36.8. The molecular formula is C48H92O6. The molecule has 0 bridgehead atoms. The number of carbonyl (C=O) groups excluding carboxylic acids is 3. The van der Waals surface area contributed by atoms with E-state index in [9.17, 15) is 14.4 Å². The van der Waals surface area contributed by atoms with Crippen LogP contribution in [0, 0.1) is 11.8 Å². The molecule has 0 amide bonds. The maximum Gasteiger partial charge on any atom is 0.306 e. The van der Waals surface area contributed by atoms with Gasteiger partial charge in [-0.25, -0.2) is 0 Å². The number of ether oxygens (including phenoxy) is 3. The van der Waals surface area contributed by atoms with E-state index in [4.69, 9.17) is 14.2 Å². The normalized spacial score (nSPS) is 12.1. The molecule has 0 aromatic rings. The van der Waals surface area contributed by atoms with Crippen LogP contribution in [0.3, 0.4) is 0 Å². The maximum atomic E-state index is 12.7. The topological polar surface area (TPSA) is 78.9 Å². The number of unbranched alkanes of at least 4 members (excludes halogenated alkanes) is 27. The molecule has 6 nitrogen and oxygen atoms in total. The van der Waals surface area contributed by atoms with Crippen LogP contribution in [0.15, 0.2) is 0 Å². The van der Waals surface area contributed by atoms with Crippen LogP contribution in [0.1, 0.15) is 259 Å². The van der Waals surface area contributed by atoms with E-state index < -0.39 is 6.10 Å². The Balaban J connectivity index is 4.19. The van der Waals surface area contributed by atoms with Crippen molar-refractivity contribution in [3.05, 3.63) is 0 Å². The summed E-state index contributed by atoms with van der Waals surface area (Å²) in [5.74, 6) is 0.780. The van der Waals surface area contributed by atoms with Crippen LogP contribution >= 0.6 is 0 Å². The molecule has 0 aliphatic heterocycles. The minimum atomic E-state index is -0.759. The molecule has 320 valence electrons. The molecule has 0 aromatic carbocycles. The second-order valence-electron chi connectivity index (χ2n) is 17.3. The van der Waals surface area contributed by atoms with Gasteiger partial charge in [0.2, 0.25) is 0 Å². The summed E-state index contributed by atoms with van der Waals surface area (Å²) in [7, 11) is 0. The van der Waals surface area contributed by atoms with Crippen molar-refractivity contribution in [2.45, 2.75) is 265 Å². The predicted octanol–water partition coefficient (Wildman–Crippen LogP) is 15.0. The molecule has 0 aromatic heterocycles. The second kappa shape index (κ2) is 41.1. The predicted molar refractivity (Wildman–Crippen MR) is 229 cm³/mol. The third kappa shape index (κ3) is 41.6. The molecular weight excluding hydrogens is 673 g/mol. The van der Waals surface area contributed by atoms with Crippen molar-refractivity contribution in [2.75, 3.05) is 13.2 Å². The summed E-state index contributed by atoms with van der Waals surface area (Å²) in [5.41, 5.74) is 0. The molecule has 0 N–H and O–H groups in total. The van der Waals surface area contributed by atoms with E-state index in [1.165, 1.54) is 148 Å². The van der Waals surface area contributed by atoms with Gasteiger partial charge in [0.25, 0.3) is 0 Å². The van der Waals surface area contributed by atoms with Crippen molar-refractivity contribution in [3.63, 3.8) is 0 Å². The quantitative estimate of drug-likeness (QED) is 0.0350. The molecule has 54 heavy (non-hydrogen) atoms. The van der Waals surface area contributed by atoms with Gasteiger partial charge in [-0.05, 0) is 31.1 Å². The van der Waals surface area contributed by atoms with Crippen LogP contribution in [0.5, 0.6) is 0 Å². The molecule has 0 saturated carbocycles. The molecule has 0 saturated heterocycles. The minimum Gasteiger partial charge on any atom is -0.462 e. The Morgan fingerprint density at radius 2 is 0.611 bits per heavy atom. The van der Waals surface area contributed by atoms with Gasteiger partial charge < -0.3 is 14.2 Å². The van der Waals surface area contributed by atoms with Crippen LogP contribution in [0.2, 0.25) is 0 Å². The number of rotatable bonds is 42. The zero-order chi connectivity index (χ0) is 39.7. The fraction of sp³-hybridized carbons (Fsp3) is 0.938. The van der Waals surface area contributed by atoms with E-state index in [0.29, 0.717) is 19.3 Å². The van der Waals surface area contributed by atoms with E-state index in [0.717, 1.165) is 69.6 Å². The third-order valence-electron chi connectivity index (χ3n) is 10.7. The van der Waals surface area contributed by atoms with Gasteiger partial charge in [-0.3, -0.25) is 14.4 Å². The lowest BCUT2D eigenvalue weighted by Gasteiger charge is -2.18. The Kier molecular flexibility index (Phi) is 39.8. The zero-order valence-electron chi connectivity index (χ0n) is 36.8. The third-order valence-corrected chi connectivity index (χ3v) is 10.7. The summed E-state index contributed by atoms with van der Waals surface area (Å²) in [6.07, 6.45) is 39.6. The summed E-state index contributed by atoms with van der Waals surface area (Å²) < 4.78 is 16.7. The summed E-state index contributed by atoms with van der Waals surface area (Å²) in [6, 6.07) is 0. The molecule has 0 rings (SSSR count). The average molecular weight is 765 g/mol.